The zero-order valence-electron chi connectivity index (χ0n) is 14.4. The van der Waals surface area contributed by atoms with E-state index < -0.39 is 0 Å². The third-order valence-electron chi connectivity index (χ3n) is 4.44. The van der Waals surface area contributed by atoms with Crippen LogP contribution in [0.25, 0.3) is 21.9 Å². The van der Waals surface area contributed by atoms with E-state index in [2.05, 4.69) is 52.3 Å². The van der Waals surface area contributed by atoms with Gasteiger partial charge in [0, 0.05) is 22.8 Å². The number of nitrogens with one attached hydrogen (secondary N) is 3. The van der Waals surface area contributed by atoms with Crippen LogP contribution in [0.15, 0.2) is 42.6 Å². The molecule has 4 aromatic rings. The molecule has 0 spiro atoms. The van der Waals surface area contributed by atoms with Crippen LogP contribution in [-0.4, -0.2) is 15.0 Å². The van der Waals surface area contributed by atoms with Crippen LogP contribution in [0.1, 0.15) is 25.8 Å². The molecule has 0 fully saturated rings. The van der Waals surface area contributed by atoms with Crippen molar-refractivity contribution in [3.63, 3.8) is 0 Å². The normalized spacial score (nSPS) is 11.7. The second kappa shape index (κ2) is 6.45. The summed E-state index contributed by atoms with van der Waals surface area (Å²) in [5.41, 5.74) is 5.25. The van der Waals surface area contributed by atoms with Gasteiger partial charge < -0.3 is 15.3 Å². The molecule has 0 atom stereocenters. The number of hydrogen-bond acceptors (Lipinski definition) is 2. The topological polar surface area (TPSA) is 56.5 Å². The van der Waals surface area contributed by atoms with E-state index in [1.165, 1.54) is 12.0 Å². The maximum atomic E-state index is 6.34. The van der Waals surface area contributed by atoms with Crippen molar-refractivity contribution in [1.29, 1.82) is 0 Å². The smallest absolute Gasteiger partial charge is 0.205 e. The number of imidazole rings is 1. The van der Waals surface area contributed by atoms with Crippen molar-refractivity contribution in [3.05, 3.63) is 53.2 Å². The molecule has 2 aromatic heterocycles. The molecule has 2 heterocycles. The molecule has 128 valence electrons. The molecule has 2 aromatic carbocycles. The number of nitrogens with zero attached hydrogens (tertiary/aromatic N) is 1. The van der Waals surface area contributed by atoms with Crippen molar-refractivity contribution in [2.45, 2.75) is 26.7 Å². The fourth-order valence-electron chi connectivity index (χ4n) is 3.05. The number of benzene rings is 2. The van der Waals surface area contributed by atoms with Crippen LogP contribution in [0.4, 0.5) is 11.6 Å². The molecule has 0 amide bonds. The molecule has 0 saturated carbocycles. The highest BCUT2D eigenvalue weighted by Gasteiger charge is 2.07. The number of aromatic amines is 2. The fraction of sp³-hybridized carbons (Fsp3) is 0.250. The highest BCUT2D eigenvalue weighted by molar-refractivity contribution is 6.35. The molecule has 0 radical (unpaired) electrons. The van der Waals surface area contributed by atoms with Gasteiger partial charge in [0.1, 0.15) is 0 Å². The van der Waals surface area contributed by atoms with Gasteiger partial charge in [-0.3, -0.25) is 0 Å². The van der Waals surface area contributed by atoms with Gasteiger partial charge in [0.05, 0.1) is 16.1 Å². The van der Waals surface area contributed by atoms with Gasteiger partial charge in [0.2, 0.25) is 5.95 Å². The minimum absolute atomic E-state index is 0.708. The lowest BCUT2D eigenvalue weighted by molar-refractivity contribution is 0.587. The van der Waals surface area contributed by atoms with Crippen LogP contribution in [0, 0.1) is 5.92 Å². The van der Waals surface area contributed by atoms with E-state index in [1.54, 1.807) is 0 Å². The number of fused-ring (bicyclic) bond motifs is 2. The van der Waals surface area contributed by atoms with Crippen LogP contribution in [0.3, 0.4) is 0 Å². The third kappa shape index (κ3) is 3.35. The molecule has 0 aliphatic heterocycles. The Balaban J connectivity index is 1.60. The highest BCUT2D eigenvalue weighted by Crippen LogP contribution is 2.29. The van der Waals surface area contributed by atoms with Gasteiger partial charge >= 0.3 is 0 Å². The lowest BCUT2D eigenvalue weighted by Gasteiger charge is -2.04. The summed E-state index contributed by atoms with van der Waals surface area (Å²) in [5, 5.41) is 5.05. The van der Waals surface area contributed by atoms with Crippen molar-refractivity contribution in [3.8, 4) is 0 Å². The van der Waals surface area contributed by atoms with Gasteiger partial charge in [-0.1, -0.05) is 31.5 Å². The molecular weight excluding hydrogens is 332 g/mol. The summed E-state index contributed by atoms with van der Waals surface area (Å²) in [4.78, 5) is 11.2. The van der Waals surface area contributed by atoms with Crippen molar-refractivity contribution < 1.29 is 0 Å². The highest BCUT2D eigenvalue weighted by atomic mass is 35.5. The van der Waals surface area contributed by atoms with E-state index in [4.69, 9.17) is 11.6 Å². The molecule has 0 saturated heterocycles. The summed E-state index contributed by atoms with van der Waals surface area (Å²) < 4.78 is 0. The fourth-order valence-corrected chi connectivity index (χ4v) is 3.33. The van der Waals surface area contributed by atoms with E-state index in [0.717, 1.165) is 40.0 Å². The predicted octanol–water partition coefficient (Wildman–Crippen LogP) is 6.03. The summed E-state index contributed by atoms with van der Waals surface area (Å²) in [7, 11) is 0. The zero-order chi connectivity index (χ0) is 17.4. The minimum Gasteiger partial charge on any atom is -0.361 e. The molecule has 5 heteroatoms. The Kier molecular flexibility index (Phi) is 4.14. The van der Waals surface area contributed by atoms with Crippen molar-refractivity contribution in [1.82, 2.24) is 15.0 Å². The Bertz CT molecular complexity index is 1030. The quantitative estimate of drug-likeness (QED) is 0.410. The van der Waals surface area contributed by atoms with E-state index in [-0.39, 0.29) is 0 Å². The first-order valence-corrected chi connectivity index (χ1v) is 8.98. The molecule has 0 unspecified atom stereocenters. The largest absolute Gasteiger partial charge is 0.361 e. The van der Waals surface area contributed by atoms with Gasteiger partial charge in [0.15, 0.2) is 0 Å². The molecule has 3 N–H and O–H groups in total. The van der Waals surface area contributed by atoms with E-state index in [9.17, 15) is 0 Å². The molecule has 25 heavy (non-hydrogen) atoms. The van der Waals surface area contributed by atoms with E-state index in [1.807, 2.05) is 24.4 Å². The summed E-state index contributed by atoms with van der Waals surface area (Å²) in [5.74, 6) is 1.43. The second-order valence-electron chi connectivity index (χ2n) is 6.89. The Hall–Kier alpha value is -2.46. The van der Waals surface area contributed by atoms with Crippen molar-refractivity contribution in [2.75, 3.05) is 5.32 Å². The Labute approximate surface area is 151 Å². The zero-order valence-corrected chi connectivity index (χ0v) is 15.1. The average molecular weight is 353 g/mol. The van der Waals surface area contributed by atoms with Crippen molar-refractivity contribution >= 4 is 45.2 Å². The molecule has 4 rings (SSSR count). The molecule has 0 aliphatic carbocycles. The third-order valence-corrected chi connectivity index (χ3v) is 4.75. The summed E-state index contributed by atoms with van der Waals surface area (Å²) in [6.07, 6.45) is 4.16. The van der Waals surface area contributed by atoms with Crippen LogP contribution in [0.5, 0.6) is 0 Å². The summed E-state index contributed by atoms with van der Waals surface area (Å²) in [6, 6.07) is 12.4. The minimum atomic E-state index is 0.708. The molecule has 4 nitrogen and oxygen atoms in total. The maximum absolute atomic E-state index is 6.34. The Morgan fingerprint density at radius 2 is 2.00 bits per heavy atom. The molecular formula is C20H21ClN4. The van der Waals surface area contributed by atoms with E-state index >= 15 is 0 Å². The van der Waals surface area contributed by atoms with Gasteiger partial charge in [-0.15, -0.1) is 0 Å². The number of hydrogen-bond donors (Lipinski definition) is 3. The van der Waals surface area contributed by atoms with Crippen LogP contribution < -0.4 is 5.32 Å². The molecule has 0 aliphatic rings. The average Bonchev–Trinajstić information content (AvgIpc) is 3.18. The van der Waals surface area contributed by atoms with Crippen LogP contribution in [-0.2, 0) is 6.42 Å². The predicted molar refractivity (Wildman–Crippen MR) is 106 cm³/mol. The lowest BCUT2D eigenvalue weighted by atomic mass is 10.0. The number of rotatable bonds is 5. The second-order valence-corrected chi connectivity index (χ2v) is 7.30. The number of halogens is 1. The van der Waals surface area contributed by atoms with Crippen molar-refractivity contribution in [2.24, 2.45) is 5.92 Å². The van der Waals surface area contributed by atoms with Crippen LogP contribution >= 0.6 is 11.6 Å². The van der Waals surface area contributed by atoms with Gasteiger partial charge in [-0.25, -0.2) is 4.98 Å². The lowest BCUT2D eigenvalue weighted by Crippen LogP contribution is -1.92. The SMILES string of the molecule is CC(C)CCc1ccc2[nH]c(Nc3cc(Cl)c4cc[nH]c4c3)nc2c1. The first-order chi connectivity index (χ1) is 12.1. The maximum Gasteiger partial charge on any atom is 0.205 e. The van der Waals surface area contributed by atoms with Gasteiger partial charge in [-0.05, 0) is 54.7 Å². The molecule has 0 bridgehead atoms. The van der Waals surface area contributed by atoms with E-state index in [0.29, 0.717) is 10.9 Å². The number of aryl methyl sites for hydroxylation is 1. The summed E-state index contributed by atoms with van der Waals surface area (Å²) in [6.45, 7) is 4.50. The number of H-pyrrole nitrogens is 2. The first-order valence-electron chi connectivity index (χ1n) is 8.61. The monoisotopic (exact) mass is 352 g/mol. The van der Waals surface area contributed by atoms with Crippen LogP contribution in [0.2, 0.25) is 5.02 Å². The van der Waals surface area contributed by atoms with Gasteiger partial charge in [0.25, 0.3) is 0 Å². The standard InChI is InChI=1S/C20H21ClN4/c1-12(2)3-4-13-5-6-17-19(9-13)25-20(24-17)23-14-10-16(21)15-7-8-22-18(15)11-14/h5-12,22H,3-4H2,1-2H3,(H2,23,24,25). The van der Waals surface area contributed by atoms with Gasteiger partial charge in [-0.2, -0.15) is 0 Å². The number of anilines is 2. The Morgan fingerprint density at radius 3 is 2.84 bits per heavy atom. The number of aromatic nitrogens is 3. The summed E-state index contributed by atoms with van der Waals surface area (Å²) >= 11 is 6.34. The Morgan fingerprint density at radius 1 is 1.12 bits per heavy atom. The first kappa shape index (κ1) is 16.0.